The quantitative estimate of drug-likeness (QED) is 0.382. The first-order chi connectivity index (χ1) is 12.1. The molecule has 7 nitrogen and oxygen atoms in total. The second kappa shape index (κ2) is 12.7. The summed E-state index contributed by atoms with van der Waals surface area (Å²) in [7, 11) is 1.38. The summed E-state index contributed by atoms with van der Waals surface area (Å²) in [5.41, 5.74) is 5.36. The number of rotatable bonds is 11. The highest BCUT2D eigenvalue weighted by atomic mass is 16.5. The average Bonchev–Trinajstić information content (AvgIpc) is 2.64. The summed E-state index contributed by atoms with van der Waals surface area (Å²) in [4.78, 5) is 35.1. The van der Waals surface area contributed by atoms with E-state index in [1.807, 2.05) is 0 Å². The molecule has 4 N–H and O–H groups in total. The molecule has 0 heterocycles. The number of hydrogen-bond acceptors (Lipinski definition) is 5. The first kappa shape index (κ1) is 21.4. The number of amides is 2. The van der Waals surface area contributed by atoms with Gasteiger partial charge in [-0.2, -0.15) is 0 Å². The Kier molecular flexibility index (Phi) is 10.9. The molecule has 0 spiro atoms. The van der Waals surface area contributed by atoms with Crippen LogP contribution in [0.1, 0.15) is 64.2 Å². The number of nitrogens with two attached hydrogens (primary N) is 1. The maximum atomic E-state index is 12.4. The molecular formula is C18H33N3O4. The van der Waals surface area contributed by atoms with Crippen LogP contribution in [0.15, 0.2) is 0 Å². The molecule has 1 saturated carbocycles. The number of carbonyl (C=O) groups is 3. The van der Waals surface area contributed by atoms with E-state index < -0.39 is 6.04 Å². The van der Waals surface area contributed by atoms with Crippen LogP contribution >= 0.6 is 0 Å². The highest BCUT2D eigenvalue weighted by Crippen LogP contribution is 2.27. The second-order valence-electron chi connectivity index (χ2n) is 6.74. The monoisotopic (exact) mass is 355 g/mol. The molecular weight excluding hydrogens is 322 g/mol. The van der Waals surface area contributed by atoms with Crippen molar-refractivity contribution >= 4 is 17.8 Å². The van der Waals surface area contributed by atoms with Crippen LogP contribution < -0.4 is 16.4 Å². The first-order valence-corrected chi connectivity index (χ1v) is 9.40. The van der Waals surface area contributed by atoms with Gasteiger partial charge in [0.2, 0.25) is 11.8 Å². The Hall–Kier alpha value is -1.63. The maximum Gasteiger partial charge on any atom is 0.305 e. The minimum atomic E-state index is -0.505. The minimum absolute atomic E-state index is 0.109. The molecule has 1 aliphatic rings. The lowest BCUT2D eigenvalue weighted by Gasteiger charge is -2.26. The molecule has 0 radical (unpaired) electrons. The van der Waals surface area contributed by atoms with Crippen molar-refractivity contribution < 1.29 is 19.1 Å². The Bertz CT molecular complexity index is 423. The van der Waals surface area contributed by atoms with E-state index in [1.165, 1.54) is 26.4 Å². The van der Waals surface area contributed by atoms with Crippen LogP contribution in [0.5, 0.6) is 0 Å². The van der Waals surface area contributed by atoms with Gasteiger partial charge in [-0.05, 0) is 25.2 Å². The molecule has 0 unspecified atom stereocenters. The Labute approximate surface area is 150 Å². The molecule has 0 aromatic carbocycles. The minimum Gasteiger partial charge on any atom is -0.469 e. The standard InChI is InChI=1S/C18H33N3O4/c1-25-17(23)10-6-3-7-11-20-18(24)15(21-16(22)13-19)12-14-8-4-2-5-9-14/h14-15H,2-13,19H2,1H3,(H,20,24)(H,21,22)/t15-/m0/s1. The van der Waals surface area contributed by atoms with Crippen molar-refractivity contribution in [3.8, 4) is 0 Å². The predicted molar refractivity (Wildman–Crippen MR) is 95.7 cm³/mol. The van der Waals surface area contributed by atoms with Gasteiger partial charge in [-0.15, -0.1) is 0 Å². The Balaban J connectivity index is 2.33. The molecule has 0 saturated heterocycles. The summed E-state index contributed by atoms with van der Waals surface area (Å²) in [5, 5.41) is 5.64. The maximum absolute atomic E-state index is 12.4. The normalized spacial score (nSPS) is 16.1. The lowest BCUT2D eigenvalue weighted by atomic mass is 9.84. The summed E-state index contributed by atoms with van der Waals surface area (Å²) in [6, 6.07) is -0.505. The van der Waals surface area contributed by atoms with E-state index in [0.717, 1.165) is 32.1 Å². The summed E-state index contributed by atoms with van der Waals surface area (Å²) >= 11 is 0. The van der Waals surface area contributed by atoms with Crippen LogP contribution in [0.25, 0.3) is 0 Å². The predicted octanol–water partition coefficient (Wildman–Crippen LogP) is 1.25. The Morgan fingerprint density at radius 3 is 2.48 bits per heavy atom. The number of carbonyl (C=O) groups excluding carboxylic acids is 3. The van der Waals surface area contributed by atoms with Gasteiger partial charge in [-0.3, -0.25) is 14.4 Å². The molecule has 7 heteroatoms. The topological polar surface area (TPSA) is 111 Å². The molecule has 1 atom stereocenters. The highest BCUT2D eigenvalue weighted by Gasteiger charge is 2.25. The Morgan fingerprint density at radius 2 is 1.84 bits per heavy atom. The number of methoxy groups -OCH3 is 1. The zero-order valence-corrected chi connectivity index (χ0v) is 15.4. The summed E-state index contributed by atoms with van der Waals surface area (Å²) in [6.45, 7) is 0.432. The molecule has 144 valence electrons. The molecule has 25 heavy (non-hydrogen) atoms. The third-order valence-corrected chi connectivity index (χ3v) is 4.72. The number of unbranched alkanes of at least 4 members (excludes halogenated alkanes) is 2. The lowest BCUT2D eigenvalue weighted by molar-refractivity contribution is -0.140. The number of esters is 1. The van der Waals surface area contributed by atoms with E-state index >= 15 is 0 Å². The van der Waals surface area contributed by atoms with Crippen LogP contribution in [0.4, 0.5) is 0 Å². The van der Waals surface area contributed by atoms with Gasteiger partial charge >= 0.3 is 5.97 Å². The highest BCUT2D eigenvalue weighted by molar-refractivity contribution is 5.88. The number of ether oxygens (including phenoxy) is 1. The number of hydrogen-bond donors (Lipinski definition) is 3. The average molecular weight is 355 g/mol. The molecule has 1 rings (SSSR count). The molecule has 0 aromatic rings. The van der Waals surface area contributed by atoms with Crippen molar-refractivity contribution in [3.63, 3.8) is 0 Å². The lowest BCUT2D eigenvalue weighted by Crippen LogP contribution is -2.49. The fourth-order valence-electron chi connectivity index (χ4n) is 3.25. The summed E-state index contributed by atoms with van der Waals surface area (Å²) in [5.74, 6) is -0.155. The van der Waals surface area contributed by atoms with E-state index in [-0.39, 0.29) is 24.3 Å². The van der Waals surface area contributed by atoms with E-state index in [2.05, 4.69) is 15.4 Å². The third-order valence-electron chi connectivity index (χ3n) is 4.72. The fraction of sp³-hybridized carbons (Fsp3) is 0.833. The van der Waals surface area contributed by atoms with Gasteiger partial charge in [0.1, 0.15) is 6.04 Å². The number of nitrogens with one attached hydrogen (secondary N) is 2. The van der Waals surface area contributed by atoms with Crippen molar-refractivity contribution in [2.24, 2.45) is 11.7 Å². The van der Waals surface area contributed by atoms with Gasteiger partial charge < -0.3 is 21.1 Å². The van der Waals surface area contributed by atoms with Crippen molar-refractivity contribution in [1.29, 1.82) is 0 Å². The van der Waals surface area contributed by atoms with Crippen LogP contribution in [0.2, 0.25) is 0 Å². The summed E-state index contributed by atoms with van der Waals surface area (Å²) < 4.78 is 4.59. The van der Waals surface area contributed by atoms with Gasteiger partial charge in [0.15, 0.2) is 0 Å². The zero-order valence-electron chi connectivity index (χ0n) is 15.4. The van der Waals surface area contributed by atoms with E-state index in [0.29, 0.717) is 25.3 Å². The van der Waals surface area contributed by atoms with Crippen molar-refractivity contribution in [2.45, 2.75) is 70.3 Å². The first-order valence-electron chi connectivity index (χ1n) is 9.40. The van der Waals surface area contributed by atoms with Crippen molar-refractivity contribution in [3.05, 3.63) is 0 Å². The molecule has 1 fully saturated rings. The van der Waals surface area contributed by atoms with Gasteiger partial charge in [-0.25, -0.2) is 0 Å². The van der Waals surface area contributed by atoms with Crippen molar-refractivity contribution in [2.75, 3.05) is 20.2 Å². The molecule has 0 bridgehead atoms. The van der Waals surface area contributed by atoms with Crippen molar-refractivity contribution in [1.82, 2.24) is 10.6 Å². The molecule has 0 aromatic heterocycles. The molecule has 1 aliphatic carbocycles. The Morgan fingerprint density at radius 1 is 1.12 bits per heavy atom. The van der Waals surface area contributed by atoms with E-state index in [1.54, 1.807) is 0 Å². The van der Waals surface area contributed by atoms with Gasteiger partial charge in [0.05, 0.1) is 13.7 Å². The van der Waals surface area contributed by atoms with Crippen LogP contribution in [0, 0.1) is 5.92 Å². The molecule has 2 amide bonds. The fourth-order valence-corrected chi connectivity index (χ4v) is 3.25. The third kappa shape index (κ3) is 9.43. The van der Waals surface area contributed by atoms with Gasteiger partial charge in [0.25, 0.3) is 0 Å². The zero-order chi connectivity index (χ0) is 18.5. The molecule has 0 aliphatic heterocycles. The smallest absolute Gasteiger partial charge is 0.305 e. The largest absolute Gasteiger partial charge is 0.469 e. The second-order valence-corrected chi connectivity index (χ2v) is 6.74. The van der Waals surface area contributed by atoms with Gasteiger partial charge in [0, 0.05) is 13.0 Å². The van der Waals surface area contributed by atoms with E-state index in [9.17, 15) is 14.4 Å². The van der Waals surface area contributed by atoms with Crippen LogP contribution in [0.3, 0.4) is 0 Å². The van der Waals surface area contributed by atoms with Gasteiger partial charge in [-0.1, -0.05) is 38.5 Å². The summed E-state index contributed by atoms with van der Waals surface area (Å²) in [6.07, 6.45) is 9.37. The SMILES string of the molecule is COC(=O)CCCCCNC(=O)[C@H](CC1CCCCC1)NC(=O)CN. The van der Waals surface area contributed by atoms with Crippen LogP contribution in [-0.4, -0.2) is 44.0 Å². The van der Waals surface area contributed by atoms with Crippen LogP contribution in [-0.2, 0) is 19.1 Å². The van der Waals surface area contributed by atoms with E-state index in [4.69, 9.17) is 5.73 Å².